The average molecular weight is 478 g/mol. The quantitative estimate of drug-likeness (QED) is 0.273. The Bertz CT molecular complexity index is 934. The summed E-state index contributed by atoms with van der Waals surface area (Å²) in [5.41, 5.74) is -1.13. The molecule has 0 spiro atoms. The lowest BCUT2D eigenvalue weighted by Gasteiger charge is -2.45. The average Bonchev–Trinajstić information content (AvgIpc) is 2.86. The summed E-state index contributed by atoms with van der Waals surface area (Å²) in [6, 6.07) is 14.3. The number of carbonyl (C=O) groups is 1. The first-order valence-electron chi connectivity index (χ1n) is 10.7. The predicted octanol–water partition coefficient (Wildman–Crippen LogP) is 0.0245. The van der Waals surface area contributed by atoms with E-state index in [1.165, 1.54) is 7.11 Å². The van der Waals surface area contributed by atoms with Crippen LogP contribution in [0.25, 0.3) is 0 Å². The van der Waals surface area contributed by atoms with Crippen molar-refractivity contribution in [1.82, 2.24) is 0 Å². The van der Waals surface area contributed by atoms with E-state index in [-0.39, 0.29) is 19.0 Å². The molecule has 0 bridgehead atoms. The highest BCUT2D eigenvalue weighted by Gasteiger charge is 2.62. The standard InChI is InChI=1S/C24H30O10/c1-30-11-12-32-22(28)24(29)21(27)20(26)19(14-25)34-23(24)33-18-6-4-3-5-16(18)13-15-7-9-17(31-2)10-8-15/h3-10,19-21,23,25-27,29H,11-14H2,1-2H3/t19-,20-,21+,23+,24+/m1/s1. The van der Waals surface area contributed by atoms with Crippen LogP contribution in [0.1, 0.15) is 11.1 Å². The van der Waals surface area contributed by atoms with E-state index in [0.717, 1.165) is 5.56 Å². The van der Waals surface area contributed by atoms with Crippen molar-refractivity contribution in [3.8, 4) is 11.5 Å². The van der Waals surface area contributed by atoms with Crippen LogP contribution < -0.4 is 9.47 Å². The number of methoxy groups -OCH3 is 2. The summed E-state index contributed by atoms with van der Waals surface area (Å²) in [5, 5.41) is 41.6. The van der Waals surface area contributed by atoms with Crippen LogP contribution >= 0.6 is 0 Å². The number of ether oxygens (including phenoxy) is 5. The minimum absolute atomic E-state index is 0.0524. The molecular formula is C24H30O10. The Morgan fingerprint density at radius 3 is 2.41 bits per heavy atom. The summed E-state index contributed by atoms with van der Waals surface area (Å²) in [6.45, 7) is -0.831. The second-order valence-corrected chi connectivity index (χ2v) is 7.83. The van der Waals surface area contributed by atoms with E-state index in [2.05, 4.69) is 0 Å². The Kier molecular flexibility index (Phi) is 8.84. The van der Waals surface area contributed by atoms with Gasteiger partial charge in [0.15, 0.2) is 0 Å². The van der Waals surface area contributed by atoms with Crippen molar-refractivity contribution in [2.24, 2.45) is 0 Å². The lowest BCUT2D eigenvalue weighted by Crippen LogP contribution is -2.71. The van der Waals surface area contributed by atoms with Crippen LogP contribution in [-0.4, -0.2) is 90.6 Å². The highest BCUT2D eigenvalue weighted by Crippen LogP contribution is 2.34. The molecule has 3 rings (SSSR count). The number of rotatable bonds is 10. The molecule has 34 heavy (non-hydrogen) atoms. The SMILES string of the molecule is COCCOC(=O)[C@]1(O)[C@@H](Oc2ccccc2Cc2ccc(OC)cc2)O[C@H](CO)[C@@H](O)[C@@H]1O. The molecule has 10 heteroatoms. The van der Waals surface area contributed by atoms with Gasteiger partial charge in [-0.2, -0.15) is 0 Å². The van der Waals surface area contributed by atoms with E-state index in [9.17, 15) is 25.2 Å². The Balaban J connectivity index is 1.89. The van der Waals surface area contributed by atoms with Gasteiger partial charge in [-0.25, -0.2) is 4.79 Å². The lowest BCUT2D eigenvalue weighted by atomic mass is 9.86. The molecule has 1 saturated heterocycles. The fourth-order valence-electron chi connectivity index (χ4n) is 3.61. The first kappa shape index (κ1) is 25.9. The van der Waals surface area contributed by atoms with Crippen molar-refractivity contribution >= 4 is 5.97 Å². The Morgan fingerprint density at radius 2 is 1.76 bits per heavy atom. The van der Waals surface area contributed by atoms with Gasteiger partial charge in [-0.3, -0.25) is 0 Å². The van der Waals surface area contributed by atoms with Gasteiger partial charge in [0.25, 0.3) is 5.60 Å². The largest absolute Gasteiger partial charge is 0.497 e. The highest BCUT2D eigenvalue weighted by atomic mass is 16.7. The summed E-state index contributed by atoms with van der Waals surface area (Å²) in [5.74, 6) is -0.277. The van der Waals surface area contributed by atoms with Crippen LogP contribution in [0.4, 0.5) is 0 Å². The molecule has 0 aliphatic carbocycles. The number of benzene rings is 2. The van der Waals surface area contributed by atoms with E-state index in [0.29, 0.717) is 17.7 Å². The Morgan fingerprint density at radius 1 is 1.06 bits per heavy atom. The summed E-state index contributed by atoms with van der Waals surface area (Å²) in [4.78, 5) is 12.7. The number of aliphatic hydroxyl groups is 4. The van der Waals surface area contributed by atoms with Gasteiger partial charge in [0, 0.05) is 13.5 Å². The van der Waals surface area contributed by atoms with Crippen molar-refractivity contribution in [3.63, 3.8) is 0 Å². The molecule has 0 saturated carbocycles. The van der Waals surface area contributed by atoms with Crippen molar-refractivity contribution < 1.29 is 48.9 Å². The molecular weight excluding hydrogens is 448 g/mol. The zero-order valence-electron chi connectivity index (χ0n) is 19.0. The fraction of sp³-hybridized carbons (Fsp3) is 0.458. The topological polar surface area (TPSA) is 144 Å². The number of hydrogen-bond donors (Lipinski definition) is 4. The van der Waals surface area contributed by atoms with Gasteiger partial charge in [-0.05, 0) is 29.3 Å². The summed E-state index contributed by atoms with van der Waals surface area (Å²) in [7, 11) is 2.98. The molecule has 186 valence electrons. The van der Waals surface area contributed by atoms with Gasteiger partial charge in [0.1, 0.15) is 36.4 Å². The molecule has 5 atom stereocenters. The Labute approximate surface area is 197 Å². The third-order valence-corrected chi connectivity index (χ3v) is 5.60. The van der Waals surface area contributed by atoms with Crippen LogP contribution in [0.2, 0.25) is 0 Å². The zero-order chi connectivity index (χ0) is 24.7. The normalized spacial score (nSPS) is 26.6. The van der Waals surface area contributed by atoms with E-state index < -0.39 is 42.8 Å². The molecule has 4 N–H and O–H groups in total. The van der Waals surface area contributed by atoms with Gasteiger partial charge in [0.2, 0.25) is 6.29 Å². The molecule has 0 radical (unpaired) electrons. The van der Waals surface area contributed by atoms with Gasteiger partial charge in [0.05, 0.1) is 20.3 Å². The molecule has 1 fully saturated rings. The Hall–Kier alpha value is -2.73. The van der Waals surface area contributed by atoms with Crippen molar-refractivity contribution in [3.05, 3.63) is 59.7 Å². The van der Waals surface area contributed by atoms with Gasteiger partial charge >= 0.3 is 5.97 Å². The predicted molar refractivity (Wildman–Crippen MR) is 118 cm³/mol. The van der Waals surface area contributed by atoms with E-state index in [1.807, 2.05) is 24.3 Å². The number of esters is 1. The van der Waals surface area contributed by atoms with E-state index in [4.69, 9.17) is 23.7 Å². The van der Waals surface area contributed by atoms with E-state index >= 15 is 0 Å². The summed E-state index contributed by atoms with van der Waals surface area (Å²) in [6.07, 6.45) is -6.46. The minimum Gasteiger partial charge on any atom is -0.497 e. The maximum atomic E-state index is 12.7. The zero-order valence-corrected chi connectivity index (χ0v) is 19.0. The second kappa shape index (κ2) is 11.6. The van der Waals surface area contributed by atoms with Crippen LogP contribution in [0.15, 0.2) is 48.5 Å². The number of para-hydroxylation sites is 1. The molecule has 1 aliphatic heterocycles. The van der Waals surface area contributed by atoms with Gasteiger partial charge in [-0.15, -0.1) is 0 Å². The van der Waals surface area contributed by atoms with Crippen molar-refractivity contribution in [2.45, 2.75) is 36.6 Å². The van der Waals surface area contributed by atoms with Crippen LogP contribution in [0, 0.1) is 0 Å². The van der Waals surface area contributed by atoms with Crippen LogP contribution in [-0.2, 0) is 25.4 Å². The molecule has 2 aromatic carbocycles. The molecule has 0 amide bonds. The molecule has 0 aromatic heterocycles. The number of hydrogen-bond acceptors (Lipinski definition) is 10. The number of aliphatic hydroxyl groups excluding tert-OH is 3. The van der Waals surface area contributed by atoms with Crippen LogP contribution in [0.3, 0.4) is 0 Å². The third-order valence-electron chi connectivity index (χ3n) is 5.60. The van der Waals surface area contributed by atoms with Crippen molar-refractivity contribution in [1.29, 1.82) is 0 Å². The summed E-state index contributed by atoms with van der Waals surface area (Å²) < 4.78 is 26.4. The molecule has 10 nitrogen and oxygen atoms in total. The maximum absolute atomic E-state index is 12.7. The van der Waals surface area contributed by atoms with Crippen molar-refractivity contribution in [2.75, 3.05) is 34.0 Å². The first-order valence-corrected chi connectivity index (χ1v) is 10.7. The van der Waals surface area contributed by atoms with E-state index in [1.54, 1.807) is 31.4 Å². The summed E-state index contributed by atoms with van der Waals surface area (Å²) >= 11 is 0. The molecule has 1 aliphatic rings. The first-order chi connectivity index (χ1) is 16.3. The van der Waals surface area contributed by atoms with Crippen LogP contribution in [0.5, 0.6) is 11.5 Å². The third kappa shape index (κ3) is 5.49. The van der Waals surface area contributed by atoms with Gasteiger partial charge < -0.3 is 44.1 Å². The molecule has 1 heterocycles. The monoisotopic (exact) mass is 478 g/mol. The molecule has 2 aromatic rings. The smallest absolute Gasteiger partial charge is 0.347 e. The minimum atomic E-state index is -2.77. The highest BCUT2D eigenvalue weighted by molar-refractivity contribution is 5.81. The molecule has 0 unspecified atom stereocenters. The maximum Gasteiger partial charge on any atom is 0.347 e. The second-order valence-electron chi connectivity index (χ2n) is 7.83. The number of carbonyl (C=O) groups excluding carboxylic acids is 1. The lowest BCUT2D eigenvalue weighted by molar-refractivity contribution is -0.315. The fourth-order valence-corrected chi connectivity index (χ4v) is 3.61. The van der Waals surface area contributed by atoms with Gasteiger partial charge in [-0.1, -0.05) is 30.3 Å².